The summed E-state index contributed by atoms with van der Waals surface area (Å²) in [6.07, 6.45) is 18.5. The summed E-state index contributed by atoms with van der Waals surface area (Å²) in [6.45, 7) is 7.06. The molecule has 2 aromatic carbocycles. The van der Waals surface area contributed by atoms with Gasteiger partial charge in [0.2, 0.25) is 0 Å². The SMILES string of the molecule is CC12OCCOC1=C(/C=C/c1ccc3c(c1)C(C)(C)C1C=C(/C=C/c4sc(/C=C5/SC(=S)N(CC(=O)O)C5=O)c5c4OCCO5)C=CC1N3c1ccccc1)SC2/C=C1/SC(=S)N(CC(=O)O)C1=O. The number of para-hydroxylation sites is 1. The fourth-order valence-corrected chi connectivity index (χ4v) is 14.5. The molecule has 19 heteroatoms. The molecule has 3 saturated heterocycles. The third kappa shape index (κ3) is 8.80. The molecule has 69 heavy (non-hydrogen) atoms. The molecule has 2 N–H and O–H groups in total. The molecule has 1 aliphatic carbocycles. The Hall–Kier alpha value is -5.41. The summed E-state index contributed by atoms with van der Waals surface area (Å²) in [5, 5.41) is 18.3. The van der Waals surface area contributed by atoms with Crippen molar-refractivity contribution in [1.82, 2.24) is 9.80 Å². The van der Waals surface area contributed by atoms with Crippen molar-refractivity contribution >= 4 is 133 Å². The minimum Gasteiger partial charge on any atom is -0.491 e. The van der Waals surface area contributed by atoms with E-state index < -0.39 is 42.4 Å². The fraction of sp³-hybridized carbons (Fsp3) is 0.280. The highest BCUT2D eigenvalue weighted by Crippen LogP contribution is 2.54. The van der Waals surface area contributed by atoms with Crippen LogP contribution in [-0.2, 0) is 34.1 Å². The van der Waals surface area contributed by atoms with Crippen molar-refractivity contribution < 1.29 is 48.3 Å². The van der Waals surface area contributed by atoms with E-state index in [4.69, 9.17) is 43.4 Å². The molecule has 13 nitrogen and oxygen atoms in total. The molecular formula is C50H43N3O10S6. The molecular weight excluding hydrogens is 995 g/mol. The van der Waals surface area contributed by atoms with Crippen molar-refractivity contribution in [2.75, 3.05) is 44.4 Å². The van der Waals surface area contributed by atoms with Crippen molar-refractivity contribution in [2.24, 2.45) is 5.92 Å². The van der Waals surface area contributed by atoms with Gasteiger partial charge < -0.3 is 34.1 Å². The number of hydrogen-bond acceptors (Lipinski definition) is 15. The standard InChI is InChI=1S/C50H43N3O10S6/c1-49(2)30-21-27(11-15-34-42-43(61-18-17-60-42)36(66-34)23-37-45(58)51(25-40(54)55)47(64)68-37)9-13-32(30)53(29-7-5-4-6-8-29)33-14-10-28(22-31(33)49)12-16-35-44-50(3,63-20-19-62-44)39(67-35)24-38-46(59)52(26-41(56)57)48(65)69-38/h4-16,21-24,30,32,39H,17-20,25-26H2,1-3H3,(H,54,55)(H,56,57)/b15-11+,16-12+,37-23+,38-24+. The average molecular weight is 1040 g/mol. The number of carbonyl (C=O) groups is 4. The zero-order valence-corrected chi connectivity index (χ0v) is 42.1. The van der Waals surface area contributed by atoms with Gasteiger partial charge in [0.05, 0.1) is 37.5 Å². The van der Waals surface area contributed by atoms with E-state index in [2.05, 4.69) is 91.6 Å². The molecule has 7 heterocycles. The third-order valence-electron chi connectivity index (χ3n) is 12.8. The topological polar surface area (TPSA) is 155 Å². The summed E-state index contributed by atoms with van der Waals surface area (Å²) in [5.41, 5.74) is 4.21. The molecule has 4 atom stereocenters. The van der Waals surface area contributed by atoms with E-state index in [0.29, 0.717) is 58.4 Å². The number of carboxylic acid groups (broad SMARTS) is 2. The van der Waals surface area contributed by atoms with Crippen molar-refractivity contribution in [1.29, 1.82) is 0 Å². The van der Waals surface area contributed by atoms with Crippen LogP contribution in [-0.4, -0.2) is 109 Å². The molecule has 4 unspecified atom stereocenters. The molecule has 3 aromatic rings. The molecule has 10 rings (SSSR count). The second kappa shape index (κ2) is 18.7. The van der Waals surface area contributed by atoms with Gasteiger partial charge in [-0.25, -0.2) is 0 Å². The highest BCUT2D eigenvalue weighted by molar-refractivity contribution is 8.27. The van der Waals surface area contributed by atoms with E-state index in [1.807, 2.05) is 31.2 Å². The Balaban J connectivity index is 0.946. The molecule has 0 spiro atoms. The molecule has 0 saturated carbocycles. The minimum atomic E-state index is -1.14. The number of thioether (sulfide) groups is 3. The van der Waals surface area contributed by atoms with E-state index in [-0.39, 0.29) is 31.3 Å². The number of hydrogen-bond donors (Lipinski definition) is 2. The van der Waals surface area contributed by atoms with Gasteiger partial charge >= 0.3 is 11.9 Å². The van der Waals surface area contributed by atoms with Gasteiger partial charge in [-0.3, -0.25) is 29.0 Å². The van der Waals surface area contributed by atoms with Crippen LogP contribution in [0, 0.1) is 5.92 Å². The monoisotopic (exact) mass is 1040 g/mol. The maximum absolute atomic E-state index is 13.2. The van der Waals surface area contributed by atoms with Gasteiger partial charge in [-0.1, -0.05) is 116 Å². The molecule has 3 fully saturated rings. The molecule has 0 radical (unpaired) electrons. The number of nitrogens with zero attached hydrogens (tertiary/aromatic N) is 3. The lowest BCUT2D eigenvalue weighted by atomic mass is 9.64. The van der Waals surface area contributed by atoms with Gasteiger partial charge in [0.25, 0.3) is 11.8 Å². The maximum Gasteiger partial charge on any atom is 0.323 e. The van der Waals surface area contributed by atoms with Gasteiger partial charge in [0.15, 0.2) is 11.5 Å². The number of fused-ring (bicyclic) bond motifs is 4. The molecule has 2 amide bonds. The molecule has 354 valence electrons. The first kappa shape index (κ1) is 47.3. The van der Waals surface area contributed by atoms with E-state index in [0.717, 1.165) is 65.6 Å². The fourth-order valence-electron chi connectivity index (χ4n) is 9.41. The second-order valence-electron chi connectivity index (χ2n) is 17.5. The predicted molar refractivity (Wildman–Crippen MR) is 280 cm³/mol. The molecule has 6 aliphatic heterocycles. The second-order valence-corrected chi connectivity index (χ2v) is 23.1. The van der Waals surface area contributed by atoms with Crippen molar-refractivity contribution in [3.05, 3.63) is 132 Å². The van der Waals surface area contributed by atoms with E-state index in [1.54, 1.807) is 6.08 Å². The number of thiocarbonyl (C=S) groups is 2. The lowest BCUT2D eigenvalue weighted by Gasteiger charge is -2.51. The third-order valence-corrected chi connectivity index (χ3v) is 18.0. The number of aliphatic carboxylic acids is 2. The Kier molecular flexibility index (Phi) is 12.8. The van der Waals surface area contributed by atoms with Crippen LogP contribution in [0.25, 0.3) is 18.2 Å². The van der Waals surface area contributed by atoms with Crippen LogP contribution in [0.15, 0.2) is 111 Å². The van der Waals surface area contributed by atoms with E-state index >= 15 is 0 Å². The first-order valence-corrected chi connectivity index (χ1v) is 26.1. The Morgan fingerprint density at radius 3 is 2.19 bits per heavy atom. The van der Waals surface area contributed by atoms with Crippen LogP contribution in [0.2, 0.25) is 0 Å². The van der Waals surface area contributed by atoms with Crippen molar-refractivity contribution in [3.8, 4) is 11.5 Å². The summed E-state index contributed by atoms with van der Waals surface area (Å²) in [6, 6.07) is 17.0. The average Bonchev–Trinajstić information content (AvgIpc) is 4.00. The summed E-state index contributed by atoms with van der Waals surface area (Å²) in [5.74, 6) is -1.28. The smallest absolute Gasteiger partial charge is 0.323 e. The van der Waals surface area contributed by atoms with Crippen molar-refractivity contribution in [3.63, 3.8) is 0 Å². The summed E-state index contributed by atoms with van der Waals surface area (Å²) < 4.78 is 25.2. The Morgan fingerprint density at radius 2 is 1.48 bits per heavy atom. The largest absolute Gasteiger partial charge is 0.491 e. The number of carboxylic acids is 2. The van der Waals surface area contributed by atoms with Crippen LogP contribution in [0.4, 0.5) is 11.4 Å². The van der Waals surface area contributed by atoms with Crippen LogP contribution in [0.1, 0.15) is 41.7 Å². The lowest BCUT2D eigenvalue weighted by Crippen LogP contribution is -2.50. The van der Waals surface area contributed by atoms with Gasteiger partial charge in [-0.05, 0) is 72.2 Å². The number of rotatable bonds is 11. The Labute approximate surface area is 425 Å². The quantitative estimate of drug-likeness (QED) is 0.138. The van der Waals surface area contributed by atoms with Crippen molar-refractivity contribution in [2.45, 2.75) is 43.1 Å². The van der Waals surface area contributed by atoms with E-state index in [9.17, 15) is 29.4 Å². The number of anilines is 2. The summed E-state index contributed by atoms with van der Waals surface area (Å²) in [4.78, 5) is 56.9. The molecule has 7 aliphatic rings. The van der Waals surface area contributed by atoms with E-state index in [1.165, 1.54) is 28.7 Å². The minimum absolute atomic E-state index is 0.00983. The lowest BCUT2D eigenvalue weighted by molar-refractivity contribution is -0.140. The summed E-state index contributed by atoms with van der Waals surface area (Å²) >= 11 is 15.8. The normalized spacial score (nSPS) is 26.1. The molecule has 1 aromatic heterocycles. The predicted octanol–water partition coefficient (Wildman–Crippen LogP) is 9.40. The highest BCUT2D eigenvalue weighted by atomic mass is 32.2. The zero-order chi connectivity index (χ0) is 48.4. The first-order chi connectivity index (χ1) is 33.1. The highest BCUT2D eigenvalue weighted by Gasteiger charge is 2.51. The number of amides is 2. The number of carbonyl (C=O) groups excluding carboxylic acids is 2. The van der Waals surface area contributed by atoms with Crippen LogP contribution in [0.5, 0.6) is 11.5 Å². The van der Waals surface area contributed by atoms with Crippen LogP contribution in [0.3, 0.4) is 0 Å². The molecule has 0 bridgehead atoms. The first-order valence-electron chi connectivity index (χ1n) is 21.9. The Bertz CT molecular complexity index is 2970. The zero-order valence-electron chi connectivity index (χ0n) is 37.2. The Morgan fingerprint density at radius 1 is 0.812 bits per heavy atom. The number of thiophene rings is 1. The van der Waals surface area contributed by atoms with Crippen LogP contribution >= 0.6 is 71.1 Å². The number of benzene rings is 2. The van der Waals surface area contributed by atoms with Gasteiger partial charge in [0, 0.05) is 27.6 Å². The van der Waals surface area contributed by atoms with Gasteiger partial charge in [-0.2, -0.15) is 0 Å². The van der Waals surface area contributed by atoms with Gasteiger partial charge in [-0.15, -0.1) is 23.1 Å². The summed E-state index contributed by atoms with van der Waals surface area (Å²) in [7, 11) is 0. The number of ether oxygens (including phenoxy) is 4. The number of allylic oxidation sites excluding steroid dienone is 4. The van der Waals surface area contributed by atoms with Crippen LogP contribution < -0.4 is 14.4 Å². The maximum atomic E-state index is 13.2. The van der Waals surface area contributed by atoms with Gasteiger partial charge in [0.1, 0.15) is 52.9 Å².